The summed E-state index contributed by atoms with van der Waals surface area (Å²) >= 11 is 0. The summed E-state index contributed by atoms with van der Waals surface area (Å²) < 4.78 is 27.4. The highest BCUT2D eigenvalue weighted by molar-refractivity contribution is 7.89. The van der Waals surface area contributed by atoms with Crippen molar-refractivity contribution in [2.45, 2.75) is 44.6 Å². The maximum absolute atomic E-state index is 12.4. The number of carboxylic acid groups (broad SMARTS) is 1. The zero-order valence-corrected chi connectivity index (χ0v) is 12.6. The Morgan fingerprint density at radius 2 is 1.90 bits per heavy atom. The van der Waals surface area contributed by atoms with Crippen LogP contribution in [0.1, 0.15) is 41.3 Å². The molecule has 1 fully saturated rings. The number of carboxylic acids is 1. The second kappa shape index (κ2) is 5.18. The van der Waals surface area contributed by atoms with Gasteiger partial charge in [0.05, 0.1) is 10.5 Å². The molecule has 5 nitrogen and oxygen atoms in total. The first-order valence-corrected chi connectivity index (χ1v) is 8.07. The number of sulfonamides is 1. The normalized spacial score (nSPS) is 16.9. The van der Waals surface area contributed by atoms with Crippen molar-refractivity contribution in [3.05, 3.63) is 28.8 Å². The van der Waals surface area contributed by atoms with Crippen molar-refractivity contribution in [1.82, 2.24) is 4.72 Å². The maximum Gasteiger partial charge on any atom is 0.335 e. The molecule has 1 atom stereocenters. The topological polar surface area (TPSA) is 83.5 Å². The highest BCUT2D eigenvalue weighted by Gasteiger charge is 2.32. The van der Waals surface area contributed by atoms with Crippen LogP contribution in [0, 0.1) is 19.8 Å². The molecule has 2 rings (SSSR count). The van der Waals surface area contributed by atoms with E-state index in [-0.39, 0.29) is 16.5 Å². The summed E-state index contributed by atoms with van der Waals surface area (Å²) in [6.45, 7) is 5.18. The van der Waals surface area contributed by atoms with Crippen LogP contribution in [-0.4, -0.2) is 25.5 Å². The molecule has 0 aliphatic heterocycles. The standard InChI is InChI=1S/C14H19NO4S/c1-8-6-9(2)13(7-12(8)14(16)17)20(18,19)15-10(3)11-4-5-11/h6-7,10-11,15H,4-5H2,1-3H3,(H,16,17). The maximum atomic E-state index is 12.4. The van der Waals surface area contributed by atoms with Gasteiger partial charge in [0, 0.05) is 6.04 Å². The molecule has 6 heteroatoms. The molecule has 2 N–H and O–H groups in total. The third kappa shape index (κ3) is 3.02. The molecule has 0 saturated heterocycles. The van der Waals surface area contributed by atoms with Gasteiger partial charge in [0.1, 0.15) is 0 Å². The second-order valence-electron chi connectivity index (χ2n) is 5.49. The van der Waals surface area contributed by atoms with E-state index in [2.05, 4.69) is 4.72 Å². The molecular weight excluding hydrogens is 278 g/mol. The molecule has 1 saturated carbocycles. The number of benzene rings is 1. The summed E-state index contributed by atoms with van der Waals surface area (Å²) in [6.07, 6.45) is 2.08. The number of hydrogen-bond donors (Lipinski definition) is 2. The minimum Gasteiger partial charge on any atom is -0.478 e. The smallest absolute Gasteiger partial charge is 0.335 e. The largest absolute Gasteiger partial charge is 0.478 e. The fourth-order valence-corrected chi connectivity index (χ4v) is 3.92. The van der Waals surface area contributed by atoms with Gasteiger partial charge < -0.3 is 5.11 Å². The summed E-state index contributed by atoms with van der Waals surface area (Å²) in [6, 6.07) is 2.73. The molecule has 0 aromatic heterocycles. The Bertz CT molecular complexity index is 647. The number of aromatic carboxylic acids is 1. The third-order valence-electron chi connectivity index (χ3n) is 3.71. The Labute approximate surface area is 119 Å². The Balaban J connectivity index is 2.39. The van der Waals surface area contributed by atoms with Crippen molar-refractivity contribution in [2.24, 2.45) is 5.92 Å². The average Bonchev–Trinajstić information content (AvgIpc) is 3.10. The van der Waals surface area contributed by atoms with Crippen LogP contribution >= 0.6 is 0 Å². The van der Waals surface area contributed by atoms with Gasteiger partial charge in [-0.15, -0.1) is 0 Å². The first-order valence-electron chi connectivity index (χ1n) is 6.59. The van der Waals surface area contributed by atoms with E-state index >= 15 is 0 Å². The predicted octanol–water partition coefficient (Wildman–Crippen LogP) is 2.08. The number of rotatable bonds is 5. The predicted molar refractivity (Wildman–Crippen MR) is 75.4 cm³/mol. The fraction of sp³-hybridized carbons (Fsp3) is 0.500. The van der Waals surface area contributed by atoms with E-state index in [0.717, 1.165) is 12.8 Å². The van der Waals surface area contributed by atoms with Crippen LogP contribution in [0.4, 0.5) is 0 Å². The first kappa shape index (κ1) is 15.0. The van der Waals surface area contributed by atoms with Crippen molar-refractivity contribution >= 4 is 16.0 Å². The van der Waals surface area contributed by atoms with E-state index in [1.807, 2.05) is 6.92 Å². The van der Waals surface area contributed by atoms with Gasteiger partial charge in [-0.1, -0.05) is 6.07 Å². The van der Waals surface area contributed by atoms with Crippen LogP contribution in [0.3, 0.4) is 0 Å². The molecule has 1 aromatic carbocycles. The molecule has 1 aromatic rings. The van der Waals surface area contributed by atoms with Crippen LogP contribution in [0.25, 0.3) is 0 Å². The van der Waals surface area contributed by atoms with Crippen LogP contribution < -0.4 is 4.72 Å². The van der Waals surface area contributed by atoms with E-state index in [9.17, 15) is 13.2 Å². The molecule has 1 unspecified atom stereocenters. The zero-order chi connectivity index (χ0) is 15.1. The van der Waals surface area contributed by atoms with E-state index in [1.165, 1.54) is 6.07 Å². The minimum absolute atomic E-state index is 0.0232. The van der Waals surface area contributed by atoms with Crippen LogP contribution in [0.5, 0.6) is 0 Å². The molecular formula is C14H19NO4S. The Kier molecular flexibility index (Phi) is 3.88. The molecule has 0 spiro atoms. The van der Waals surface area contributed by atoms with Crippen molar-refractivity contribution in [2.75, 3.05) is 0 Å². The van der Waals surface area contributed by atoms with Gasteiger partial charge in [-0.3, -0.25) is 0 Å². The van der Waals surface area contributed by atoms with E-state index in [4.69, 9.17) is 5.11 Å². The van der Waals surface area contributed by atoms with Crippen molar-refractivity contribution in [3.63, 3.8) is 0 Å². The van der Waals surface area contributed by atoms with E-state index in [0.29, 0.717) is 17.0 Å². The lowest BCUT2D eigenvalue weighted by molar-refractivity contribution is 0.0696. The monoisotopic (exact) mass is 297 g/mol. The van der Waals surface area contributed by atoms with E-state index in [1.54, 1.807) is 19.9 Å². The van der Waals surface area contributed by atoms with Gasteiger partial charge in [0.15, 0.2) is 0 Å². The average molecular weight is 297 g/mol. The summed E-state index contributed by atoms with van der Waals surface area (Å²) in [5.74, 6) is -0.719. The minimum atomic E-state index is -3.68. The SMILES string of the molecule is Cc1cc(C)c(S(=O)(=O)NC(C)C2CC2)cc1C(=O)O. The van der Waals surface area contributed by atoms with Gasteiger partial charge in [0.2, 0.25) is 10.0 Å². The van der Waals surface area contributed by atoms with Crippen LogP contribution in [0.15, 0.2) is 17.0 Å². The molecule has 0 radical (unpaired) electrons. The van der Waals surface area contributed by atoms with Gasteiger partial charge >= 0.3 is 5.97 Å². The quantitative estimate of drug-likeness (QED) is 0.871. The lowest BCUT2D eigenvalue weighted by Gasteiger charge is -2.16. The van der Waals surface area contributed by atoms with Gasteiger partial charge in [-0.2, -0.15) is 0 Å². The number of nitrogens with one attached hydrogen (secondary N) is 1. The fourth-order valence-electron chi connectivity index (χ4n) is 2.35. The highest BCUT2D eigenvalue weighted by Crippen LogP contribution is 2.33. The van der Waals surface area contributed by atoms with Gasteiger partial charge in [-0.25, -0.2) is 17.9 Å². The number of carbonyl (C=O) groups is 1. The number of hydrogen-bond acceptors (Lipinski definition) is 3. The molecule has 1 aliphatic carbocycles. The molecule has 110 valence electrons. The Morgan fingerprint density at radius 1 is 1.30 bits per heavy atom. The molecule has 0 heterocycles. The Morgan fingerprint density at radius 3 is 2.40 bits per heavy atom. The molecule has 0 bridgehead atoms. The summed E-state index contributed by atoms with van der Waals surface area (Å²) in [5, 5.41) is 9.11. The van der Waals surface area contributed by atoms with Crippen molar-refractivity contribution in [1.29, 1.82) is 0 Å². The number of aryl methyl sites for hydroxylation is 2. The van der Waals surface area contributed by atoms with Crippen molar-refractivity contribution < 1.29 is 18.3 Å². The summed E-state index contributed by atoms with van der Waals surface area (Å²) in [5.41, 5.74) is 1.14. The lowest BCUT2D eigenvalue weighted by Crippen LogP contribution is -2.34. The zero-order valence-electron chi connectivity index (χ0n) is 11.8. The molecule has 1 aliphatic rings. The first-order chi connectivity index (χ1) is 9.22. The van der Waals surface area contributed by atoms with Gasteiger partial charge in [-0.05, 0) is 56.7 Å². The van der Waals surface area contributed by atoms with E-state index < -0.39 is 16.0 Å². The second-order valence-corrected chi connectivity index (χ2v) is 7.17. The van der Waals surface area contributed by atoms with Crippen LogP contribution in [0.2, 0.25) is 0 Å². The van der Waals surface area contributed by atoms with Crippen molar-refractivity contribution in [3.8, 4) is 0 Å². The Hall–Kier alpha value is -1.40. The summed E-state index contributed by atoms with van der Waals surface area (Å²) in [7, 11) is -3.68. The summed E-state index contributed by atoms with van der Waals surface area (Å²) in [4.78, 5) is 11.2. The molecule has 20 heavy (non-hydrogen) atoms. The highest BCUT2D eigenvalue weighted by atomic mass is 32.2. The van der Waals surface area contributed by atoms with Crippen LogP contribution in [-0.2, 0) is 10.0 Å². The van der Waals surface area contributed by atoms with Gasteiger partial charge in [0.25, 0.3) is 0 Å². The third-order valence-corrected chi connectivity index (χ3v) is 5.41. The lowest BCUT2D eigenvalue weighted by atomic mass is 10.1. The molecule has 0 amide bonds.